The summed E-state index contributed by atoms with van der Waals surface area (Å²) in [6, 6.07) is 3.97. The summed E-state index contributed by atoms with van der Waals surface area (Å²) in [6.45, 7) is 3.24. The fourth-order valence-electron chi connectivity index (χ4n) is 1.89. The molecule has 6 heteroatoms. The molecule has 0 unspecified atom stereocenters. The van der Waals surface area contributed by atoms with Gasteiger partial charge in [0.05, 0.1) is 25.5 Å². The highest BCUT2D eigenvalue weighted by atomic mass is 16.5. The molecule has 106 valence electrons. The minimum absolute atomic E-state index is 0.516. The lowest BCUT2D eigenvalue weighted by Gasteiger charge is -2.12. The molecule has 0 aromatic carbocycles. The molecular weight excluding hydrogens is 256 g/mol. The molecule has 0 spiro atoms. The highest BCUT2D eigenvalue weighted by molar-refractivity contribution is 5.34. The van der Waals surface area contributed by atoms with E-state index >= 15 is 0 Å². The number of nitrogens with zero attached hydrogens (tertiary/aromatic N) is 3. The second-order valence-corrected chi connectivity index (χ2v) is 4.24. The predicted molar refractivity (Wildman–Crippen MR) is 74.7 cm³/mol. The number of pyridine rings is 1. The molecule has 2 rings (SSSR count). The average Bonchev–Trinajstić information content (AvgIpc) is 2.49. The minimum atomic E-state index is 0.516. The SMILES string of the molecule is COc1ncnc(OC)c1CNCc1ncccc1C. The molecule has 2 heterocycles. The lowest BCUT2D eigenvalue weighted by molar-refractivity contribution is 0.359. The molecule has 6 nitrogen and oxygen atoms in total. The van der Waals surface area contributed by atoms with Gasteiger partial charge >= 0.3 is 0 Å². The third kappa shape index (κ3) is 3.21. The molecule has 1 N–H and O–H groups in total. The summed E-state index contributed by atoms with van der Waals surface area (Å²) >= 11 is 0. The number of aryl methyl sites for hydroxylation is 1. The summed E-state index contributed by atoms with van der Waals surface area (Å²) in [5.41, 5.74) is 2.97. The van der Waals surface area contributed by atoms with Gasteiger partial charge in [-0.15, -0.1) is 0 Å². The van der Waals surface area contributed by atoms with Crippen molar-refractivity contribution in [2.75, 3.05) is 14.2 Å². The first-order chi connectivity index (χ1) is 9.76. The Morgan fingerprint density at radius 3 is 2.35 bits per heavy atom. The Morgan fingerprint density at radius 1 is 1.05 bits per heavy atom. The topological polar surface area (TPSA) is 69.2 Å². The molecule has 0 fully saturated rings. The number of aromatic nitrogens is 3. The van der Waals surface area contributed by atoms with Crippen molar-refractivity contribution in [2.45, 2.75) is 20.0 Å². The van der Waals surface area contributed by atoms with Crippen molar-refractivity contribution >= 4 is 0 Å². The molecular formula is C14H18N4O2. The molecule has 0 saturated heterocycles. The highest BCUT2D eigenvalue weighted by Crippen LogP contribution is 2.22. The van der Waals surface area contributed by atoms with Crippen molar-refractivity contribution in [1.29, 1.82) is 0 Å². The van der Waals surface area contributed by atoms with E-state index in [4.69, 9.17) is 9.47 Å². The van der Waals surface area contributed by atoms with Crippen molar-refractivity contribution in [1.82, 2.24) is 20.3 Å². The van der Waals surface area contributed by atoms with Crippen LogP contribution in [-0.2, 0) is 13.1 Å². The monoisotopic (exact) mass is 274 g/mol. The molecule has 20 heavy (non-hydrogen) atoms. The van der Waals surface area contributed by atoms with Crippen molar-refractivity contribution in [3.05, 3.63) is 41.5 Å². The van der Waals surface area contributed by atoms with Crippen LogP contribution >= 0.6 is 0 Å². The first-order valence-electron chi connectivity index (χ1n) is 6.29. The van der Waals surface area contributed by atoms with Crippen LogP contribution in [0, 0.1) is 6.92 Å². The van der Waals surface area contributed by atoms with Gasteiger partial charge in [0, 0.05) is 19.3 Å². The van der Waals surface area contributed by atoms with Crippen molar-refractivity contribution < 1.29 is 9.47 Å². The Bertz CT molecular complexity index is 553. The maximum absolute atomic E-state index is 5.23. The predicted octanol–water partition coefficient (Wildman–Crippen LogP) is 1.49. The average molecular weight is 274 g/mol. The van der Waals surface area contributed by atoms with Crippen LogP contribution in [0.15, 0.2) is 24.7 Å². The lowest BCUT2D eigenvalue weighted by Crippen LogP contribution is -2.16. The molecule has 0 amide bonds. The van der Waals surface area contributed by atoms with E-state index in [2.05, 4.69) is 20.3 Å². The summed E-state index contributed by atoms with van der Waals surface area (Å²) in [6.07, 6.45) is 3.21. The van der Waals surface area contributed by atoms with E-state index in [1.807, 2.05) is 19.1 Å². The van der Waals surface area contributed by atoms with Gasteiger partial charge in [-0.3, -0.25) is 4.98 Å². The normalized spacial score (nSPS) is 10.3. The summed E-state index contributed by atoms with van der Waals surface area (Å²) < 4.78 is 10.5. The van der Waals surface area contributed by atoms with Crippen LogP contribution in [0.1, 0.15) is 16.8 Å². The zero-order valence-corrected chi connectivity index (χ0v) is 11.9. The molecule has 2 aromatic rings. The van der Waals surface area contributed by atoms with Gasteiger partial charge < -0.3 is 14.8 Å². The fourth-order valence-corrected chi connectivity index (χ4v) is 1.89. The Kier molecular flexibility index (Phi) is 4.84. The second kappa shape index (κ2) is 6.81. The van der Waals surface area contributed by atoms with Crippen molar-refractivity contribution in [3.63, 3.8) is 0 Å². The number of nitrogens with one attached hydrogen (secondary N) is 1. The van der Waals surface area contributed by atoms with E-state index < -0.39 is 0 Å². The van der Waals surface area contributed by atoms with E-state index in [0.29, 0.717) is 24.8 Å². The first-order valence-corrected chi connectivity index (χ1v) is 6.29. The van der Waals surface area contributed by atoms with E-state index in [1.54, 1.807) is 20.4 Å². The molecule has 0 atom stereocenters. The molecule has 0 aliphatic rings. The second-order valence-electron chi connectivity index (χ2n) is 4.24. The molecule has 0 aliphatic carbocycles. The Labute approximate surface area is 118 Å². The van der Waals surface area contributed by atoms with E-state index in [9.17, 15) is 0 Å². The van der Waals surface area contributed by atoms with E-state index in [0.717, 1.165) is 16.8 Å². The van der Waals surface area contributed by atoms with Crippen LogP contribution in [0.25, 0.3) is 0 Å². The molecule has 0 saturated carbocycles. The van der Waals surface area contributed by atoms with Gasteiger partial charge in [-0.25, -0.2) is 9.97 Å². The molecule has 0 bridgehead atoms. The van der Waals surface area contributed by atoms with E-state index in [-0.39, 0.29) is 0 Å². The number of hydrogen-bond donors (Lipinski definition) is 1. The van der Waals surface area contributed by atoms with Gasteiger partial charge in [0.25, 0.3) is 0 Å². The van der Waals surface area contributed by atoms with Crippen LogP contribution in [0.2, 0.25) is 0 Å². The van der Waals surface area contributed by atoms with Crippen LogP contribution in [0.4, 0.5) is 0 Å². The zero-order valence-electron chi connectivity index (χ0n) is 11.9. The maximum Gasteiger partial charge on any atom is 0.224 e. The van der Waals surface area contributed by atoms with Crippen molar-refractivity contribution in [3.8, 4) is 11.8 Å². The van der Waals surface area contributed by atoms with Crippen LogP contribution < -0.4 is 14.8 Å². The molecule has 0 aliphatic heterocycles. The number of hydrogen-bond acceptors (Lipinski definition) is 6. The number of methoxy groups -OCH3 is 2. The van der Waals surface area contributed by atoms with Crippen molar-refractivity contribution in [2.24, 2.45) is 0 Å². The smallest absolute Gasteiger partial charge is 0.224 e. The third-order valence-corrected chi connectivity index (χ3v) is 2.97. The first kappa shape index (κ1) is 14.2. The Hall–Kier alpha value is -2.21. The van der Waals surface area contributed by atoms with Gasteiger partial charge in [0.2, 0.25) is 11.8 Å². The summed E-state index contributed by atoms with van der Waals surface area (Å²) in [7, 11) is 3.16. The third-order valence-electron chi connectivity index (χ3n) is 2.97. The van der Waals surface area contributed by atoms with Crippen LogP contribution in [0.3, 0.4) is 0 Å². The van der Waals surface area contributed by atoms with Crippen LogP contribution in [0.5, 0.6) is 11.8 Å². The minimum Gasteiger partial charge on any atom is -0.481 e. The van der Waals surface area contributed by atoms with Gasteiger partial charge in [0.1, 0.15) is 6.33 Å². The number of rotatable bonds is 6. The quantitative estimate of drug-likeness (QED) is 0.860. The summed E-state index contributed by atoms with van der Waals surface area (Å²) in [5, 5.41) is 3.31. The van der Waals surface area contributed by atoms with Crippen LogP contribution in [-0.4, -0.2) is 29.2 Å². The van der Waals surface area contributed by atoms with E-state index in [1.165, 1.54) is 6.33 Å². The summed E-state index contributed by atoms with van der Waals surface area (Å²) in [5.74, 6) is 1.03. The Balaban J connectivity index is 2.06. The molecule has 2 aromatic heterocycles. The van der Waals surface area contributed by atoms with Gasteiger partial charge in [-0.1, -0.05) is 6.07 Å². The maximum atomic E-state index is 5.23. The largest absolute Gasteiger partial charge is 0.481 e. The standard InChI is InChI=1S/C14H18N4O2/c1-10-5-4-6-16-12(10)8-15-7-11-13(19-2)17-9-18-14(11)20-3/h4-6,9,15H,7-8H2,1-3H3. The lowest BCUT2D eigenvalue weighted by atomic mass is 10.2. The number of ether oxygens (including phenoxy) is 2. The van der Waals surface area contributed by atoms with Gasteiger partial charge in [0.15, 0.2) is 0 Å². The summed E-state index contributed by atoms with van der Waals surface area (Å²) in [4.78, 5) is 12.5. The fraction of sp³-hybridized carbons (Fsp3) is 0.357. The zero-order chi connectivity index (χ0) is 14.4. The Morgan fingerprint density at radius 2 is 1.75 bits per heavy atom. The highest BCUT2D eigenvalue weighted by Gasteiger charge is 2.12. The molecule has 0 radical (unpaired) electrons. The van der Waals surface area contributed by atoms with Gasteiger partial charge in [-0.2, -0.15) is 0 Å². The van der Waals surface area contributed by atoms with Gasteiger partial charge in [-0.05, 0) is 18.6 Å².